The molecule has 1 atom stereocenters. The Hall–Kier alpha value is -2.64. The predicted octanol–water partition coefficient (Wildman–Crippen LogP) is 7.38. The minimum Gasteiger partial charge on any atom is -0.503 e. The van der Waals surface area contributed by atoms with E-state index >= 15 is 0 Å². The number of aromatic hydroxyl groups is 1. The second-order valence-corrected chi connectivity index (χ2v) is 11.6. The smallest absolute Gasteiger partial charge is 0.259 e. The van der Waals surface area contributed by atoms with E-state index in [1.807, 2.05) is 30.3 Å². The first-order chi connectivity index (χ1) is 16.2. The second kappa shape index (κ2) is 9.92. The maximum absolute atomic E-state index is 13.4. The Morgan fingerprint density at radius 1 is 1.26 bits per heavy atom. The number of benzene rings is 2. The highest BCUT2D eigenvalue weighted by atomic mass is 79.9. The van der Waals surface area contributed by atoms with Gasteiger partial charge in [-0.15, -0.1) is 11.3 Å². The van der Waals surface area contributed by atoms with Gasteiger partial charge in [-0.2, -0.15) is 0 Å². The molecule has 3 aromatic rings. The number of nitrogens with one attached hydrogen (secondary N) is 1. The molecular weight excluding hydrogens is 512 g/mol. The van der Waals surface area contributed by atoms with E-state index < -0.39 is 0 Å². The summed E-state index contributed by atoms with van der Waals surface area (Å²) < 4.78 is 5.78. The van der Waals surface area contributed by atoms with Gasteiger partial charge in [0, 0.05) is 16.8 Å². The van der Waals surface area contributed by atoms with Gasteiger partial charge in [-0.3, -0.25) is 4.79 Å². The van der Waals surface area contributed by atoms with Crippen LogP contribution < -0.4 is 10.1 Å². The Labute approximate surface area is 213 Å². The number of rotatable bonds is 5. The molecule has 0 radical (unpaired) electrons. The van der Waals surface area contributed by atoms with Gasteiger partial charge in [-0.25, -0.2) is 4.99 Å². The number of phenols is 1. The molecule has 1 heterocycles. The number of carbonyl (C=O) groups excluding carboxylic acids is 1. The summed E-state index contributed by atoms with van der Waals surface area (Å²) in [7, 11) is 1.51. The van der Waals surface area contributed by atoms with E-state index in [2.05, 4.69) is 42.0 Å². The normalized spacial score (nSPS) is 15.9. The van der Waals surface area contributed by atoms with Crippen LogP contribution in [0.2, 0.25) is 0 Å². The first-order valence-electron chi connectivity index (χ1n) is 11.3. The fourth-order valence-electron chi connectivity index (χ4n) is 4.31. The number of halogens is 1. The number of hydrogen-bond donors (Lipinski definition) is 2. The average Bonchev–Trinajstić information content (AvgIpc) is 3.17. The van der Waals surface area contributed by atoms with Gasteiger partial charge < -0.3 is 15.2 Å². The van der Waals surface area contributed by atoms with Crippen LogP contribution >= 0.6 is 27.3 Å². The molecule has 0 saturated carbocycles. The third-order valence-corrected chi connectivity index (χ3v) is 8.10. The van der Waals surface area contributed by atoms with Crippen molar-refractivity contribution in [2.45, 2.75) is 40.0 Å². The molecule has 1 aliphatic carbocycles. The van der Waals surface area contributed by atoms with Gasteiger partial charge in [0.1, 0.15) is 5.00 Å². The Kier molecular flexibility index (Phi) is 7.14. The fourth-order valence-corrected chi connectivity index (χ4v) is 6.04. The number of methoxy groups -OCH3 is 1. The van der Waals surface area contributed by atoms with Crippen molar-refractivity contribution in [1.82, 2.24) is 0 Å². The number of para-hydroxylation sites is 1. The predicted molar refractivity (Wildman–Crippen MR) is 143 cm³/mol. The molecule has 1 aliphatic rings. The van der Waals surface area contributed by atoms with Crippen molar-refractivity contribution >= 4 is 50.1 Å². The Bertz CT molecular complexity index is 1230. The Balaban J connectivity index is 1.72. The summed E-state index contributed by atoms with van der Waals surface area (Å²) in [5.41, 5.74) is 3.52. The lowest BCUT2D eigenvalue weighted by molar-refractivity contribution is 0.102. The topological polar surface area (TPSA) is 70.9 Å². The molecule has 0 unspecified atom stereocenters. The van der Waals surface area contributed by atoms with E-state index in [0.717, 1.165) is 36.1 Å². The molecule has 2 N–H and O–H groups in total. The highest BCUT2D eigenvalue weighted by Gasteiger charge is 2.33. The first-order valence-corrected chi connectivity index (χ1v) is 12.9. The third-order valence-electron chi connectivity index (χ3n) is 6.33. The van der Waals surface area contributed by atoms with E-state index in [4.69, 9.17) is 9.73 Å². The summed E-state index contributed by atoms with van der Waals surface area (Å²) in [6.07, 6.45) is 4.61. The number of fused-ring (bicyclic) bond motifs is 1. The van der Waals surface area contributed by atoms with Gasteiger partial charge >= 0.3 is 0 Å². The average molecular weight is 542 g/mol. The van der Waals surface area contributed by atoms with Gasteiger partial charge in [0.2, 0.25) is 0 Å². The molecule has 178 valence electrons. The fraction of sp³-hybridized carbons (Fsp3) is 0.333. The lowest BCUT2D eigenvalue weighted by Gasteiger charge is -2.33. The quantitative estimate of drug-likeness (QED) is 0.331. The monoisotopic (exact) mass is 540 g/mol. The van der Waals surface area contributed by atoms with Gasteiger partial charge in [-0.1, -0.05) is 39.0 Å². The van der Waals surface area contributed by atoms with Crippen molar-refractivity contribution < 1.29 is 14.6 Å². The number of ether oxygens (including phenoxy) is 1. The van der Waals surface area contributed by atoms with Crippen molar-refractivity contribution in [2.24, 2.45) is 16.3 Å². The SMILES string of the molecule is COc1cc(C=Nc2sc3c(c2C(=O)Nc2ccccc2)CC[C@H](C(C)(C)C)C3)cc(Br)c1O. The first kappa shape index (κ1) is 24.5. The van der Waals surface area contributed by atoms with Crippen LogP contribution in [0.4, 0.5) is 10.7 Å². The van der Waals surface area contributed by atoms with E-state index in [1.54, 1.807) is 29.7 Å². The van der Waals surface area contributed by atoms with Gasteiger partial charge in [0.15, 0.2) is 11.5 Å². The molecule has 0 bridgehead atoms. The summed E-state index contributed by atoms with van der Waals surface area (Å²) in [5, 5.41) is 13.8. The second-order valence-electron chi connectivity index (χ2n) is 9.62. The molecule has 1 aromatic heterocycles. The number of aliphatic imine (C=N–C) groups is 1. The zero-order chi connectivity index (χ0) is 24.5. The van der Waals surface area contributed by atoms with Crippen molar-refractivity contribution in [3.8, 4) is 11.5 Å². The maximum Gasteiger partial charge on any atom is 0.259 e. The van der Waals surface area contributed by atoms with E-state index in [1.165, 1.54) is 12.0 Å². The zero-order valence-electron chi connectivity index (χ0n) is 19.8. The summed E-state index contributed by atoms with van der Waals surface area (Å²) in [6.45, 7) is 6.86. The number of carbonyl (C=O) groups is 1. The Morgan fingerprint density at radius 3 is 2.68 bits per heavy atom. The van der Waals surface area contributed by atoms with Crippen molar-refractivity contribution in [1.29, 1.82) is 0 Å². The molecule has 2 aromatic carbocycles. The highest BCUT2D eigenvalue weighted by Crippen LogP contribution is 2.45. The van der Waals surface area contributed by atoms with Crippen molar-refractivity contribution in [3.63, 3.8) is 0 Å². The van der Waals surface area contributed by atoms with Crippen LogP contribution in [0.5, 0.6) is 11.5 Å². The van der Waals surface area contributed by atoms with Crippen molar-refractivity contribution in [2.75, 3.05) is 12.4 Å². The van der Waals surface area contributed by atoms with Gasteiger partial charge in [-0.05, 0) is 81.9 Å². The van der Waals surface area contributed by atoms with E-state index in [9.17, 15) is 9.90 Å². The third kappa shape index (κ3) is 5.20. The molecule has 4 rings (SSSR count). The Morgan fingerprint density at radius 2 is 2.00 bits per heavy atom. The molecule has 7 heteroatoms. The minimum atomic E-state index is -0.130. The van der Waals surface area contributed by atoms with Gasteiger partial charge in [0.05, 0.1) is 17.1 Å². The number of amides is 1. The standard InChI is InChI=1S/C27H29BrN2O3S/c1-27(2,3)17-10-11-19-22(14-17)34-26(23(19)25(32)30-18-8-6-5-7-9-18)29-15-16-12-20(28)24(31)21(13-16)33-4/h5-9,12-13,15,17,31H,10-11,14H2,1-4H3,(H,30,32)/t17-/m0/s1. The van der Waals surface area contributed by atoms with Crippen LogP contribution in [0.3, 0.4) is 0 Å². The van der Waals surface area contributed by atoms with E-state index in [0.29, 0.717) is 26.7 Å². The molecule has 0 spiro atoms. The van der Waals surface area contributed by atoms with Crippen LogP contribution in [0, 0.1) is 11.3 Å². The number of phenolic OH excluding ortho intramolecular Hbond substituents is 1. The summed E-state index contributed by atoms with van der Waals surface area (Å²) in [6, 6.07) is 13.0. The summed E-state index contributed by atoms with van der Waals surface area (Å²) in [4.78, 5) is 19.4. The molecule has 0 aliphatic heterocycles. The number of nitrogens with zero attached hydrogens (tertiary/aromatic N) is 1. The van der Waals surface area contributed by atoms with Crippen LogP contribution in [0.15, 0.2) is 51.9 Å². The van der Waals surface area contributed by atoms with Crippen molar-refractivity contribution in [3.05, 3.63) is 68.5 Å². The molecule has 1 amide bonds. The summed E-state index contributed by atoms with van der Waals surface area (Å²) >= 11 is 4.96. The number of thiophene rings is 1. The molecule has 0 saturated heterocycles. The van der Waals surface area contributed by atoms with E-state index in [-0.39, 0.29) is 17.1 Å². The number of anilines is 1. The lowest BCUT2D eigenvalue weighted by Crippen LogP contribution is -2.27. The lowest BCUT2D eigenvalue weighted by atomic mass is 9.72. The maximum atomic E-state index is 13.4. The van der Waals surface area contributed by atoms with Crippen LogP contribution in [-0.4, -0.2) is 24.3 Å². The van der Waals surface area contributed by atoms with Gasteiger partial charge in [0.25, 0.3) is 5.91 Å². The van der Waals surface area contributed by atoms with Crippen LogP contribution in [-0.2, 0) is 12.8 Å². The minimum absolute atomic E-state index is 0.0439. The molecule has 0 fully saturated rings. The zero-order valence-corrected chi connectivity index (χ0v) is 22.2. The highest BCUT2D eigenvalue weighted by molar-refractivity contribution is 9.10. The summed E-state index contributed by atoms with van der Waals surface area (Å²) in [5.74, 6) is 0.839. The van der Waals surface area contributed by atoms with Crippen LogP contribution in [0.25, 0.3) is 0 Å². The molecular formula is C27H29BrN2O3S. The van der Waals surface area contributed by atoms with Crippen LogP contribution in [0.1, 0.15) is 53.6 Å². The molecule has 5 nitrogen and oxygen atoms in total. The molecule has 34 heavy (non-hydrogen) atoms. The number of hydrogen-bond acceptors (Lipinski definition) is 5. The largest absolute Gasteiger partial charge is 0.503 e.